The first-order valence-corrected chi connectivity index (χ1v) is 10.5. The predicted octanol–water partition coefficient (Wildman–Crippen LogP) is 1.84. The zero-order valence-corrected chi connectivity index (χ0v) is 18.0. The van der Waals surface area contributed by atoms with Crippen LogP contribution in [-0.2, 0) is 24.8 Å². The molecule has 0 aliphatic carbocycles. The topological polar surface area (TPSA) is 111 Å². The molecule has 1 aromatic carbocycles. The molecule has 9 heteroatoms. The van der Waals surface area contributed by atoms with Crippen LogP contribution in [0.1, 0.15) is 46.8 Å². The van der Waals surface area contributed by atoms with Crippen LogP contribution in [0.5, 0.6) is 0 Å². The lowest BCUT2D eigenvalue weighted by Crippen LogP contribution is -2.33. The summed E-state index contributed by atoms with van der Waals surface area (Å²) in [4.78, 5) is 42.3. The molecule has 0 saturated heterocycles. The first-order chi connectivity index (χ1) is 14.8. The Kier molecular flexibility index (Phi) is 5.58. The summed E-state index contributed by atoms with van der Waals surface area (Å²) in [6, 6.07) is 4.85. The van der Waals surface area contributed by atoms with Gasteiger partial charge in [0.15, 0.2) is 0 Å². The number of hydrogen-bond acceptors (Lipinski definition) is 5. The van der Waals surface area contributed by atoms with Crippen molar-refractivity contribution >= 4 is 28.4 Å². The molecule has 4 rings (SSSR count). The quantitative estimate of drug-likeness (QED) is 0.667. The number of aryl methyl sites for hydroxylation is 3. The Balaban J connectivity index is 1.49. The maximum absolute atomic E-state index is 12.8. The zero-order valence-electron chi connectivity index (χ0n) is 18.0. The largest absolute Gasteiger partial charge is 0.343 e. The Morgan fingerprint density at radius 1 is 1.16 bits per heavy atom. The fourth-order valence-corrected chi connectivity index (χ4v) is 3.96. The number of anilines is 1. The first-order valence-electron chi connectivity index (χ1n) is 10.5. The molecule has 0 saturated carbocycles. The Labute approximate surface area is 179 Å². The maximum Gasteiger partial charge on any atom is 0.261 e. The van der Waals surface area contributed by atoms with Crippen molar-refractivity contribution in [1.29, 1.82) is 0 Å². The van der Waals surface area contributed by atoms with Crippen LogP contribution in [0.25, 0.3) is 10.9 Å². The Bertz CT molecular complexity index is 1240. The van der Waals surface area contributed by atoms with Crippen LogP contribution in [0, 0.1) is 13.8 Å². The summed E-state index contributed by atoms with van der Waals surface area (Å²) >= 11 is 0. The highest BCUT2D eigenvalue weighted by Gasteiger charge is 2.17. The van der Waals surface area contributed by atoms with Crippen molar-refractivity contribution in [2.24, 2.45) is 7.05 Å². The van der Waals surface area contributed by atoms with Crippen LogP contribution >= 0.6 is 0 Å². The number of nitrogens with one attached hydrogen (secondary N) is 2. The summed E-state index contributed by atoms with van der Waals surface area (Å²) in [5.41, 5.74) is 3.01. The molecule has 0 radical (unpaired) electrons. The van der Waals surface area contributed by atoms with Gasteiger partial charge in [0.1, 0.15) is 5.82 Å². The molecule has 2 N–H and O–H groups in total. The molecule has 162 valence electrons. The van der Waals surface area contributed by atoms with Crippen molar-refractivity contribution in [3.63, 3.8) is 0 Å². The van der Waals surface area contributed by atoms with E-state index in [0.29, 0.717) is 34.4 Å². The van der Waals surface area contributed by atoms with Gasteiger partial charge < -0.3 is 10.6 Å². The molecule has 0 fully saturated rings. The van der Waals surface area contributed by atoms with E-state index in [1.165, 1.54) is 0 Å². The van der Waals surface area contributed by atoms with Crippen molar-refractivity contribution in [2.75, 3.05) is 11.9 Å². The SMILES string of the molecule is Cc1nn(C)c(C)c1NC(=O)CNC(=O)c1ccc2c(=O)n3c(nc2c1)CCCCC3. The third kappa shape index (κ3) is 4.08. The van der Waals surface area contributed by atoms with E-state index < -0.39 is 5.91 Å². The second-order valence-corrected chi connectivity index (χ2v) is 7.93. The number of carbonyl (C=O) groups excluding carboxylic acids is 2. The average Bonchev–Trinajstić information content (AvgIpc) is 2.92. The smallest absolute Gasteiger partial charge is 0.261 e. The fraction of sp³-hybridized carbons (Fsp3) is 0.409. The molecule has 9 nitrogen and oxygen atoms in total. The second kappa shape index (κ2) is 8.33. The van der Waals surface area contributed by atoms with E-state index in [-0.39, 0.29) is 18.0 Å². The third-order valence-corrected chi connectivity index (χ3v) is 5.76. The average molecular weight is 422 g/mol. The maximum atomic E-state index is 12.8. The number of nitrogens with zero attached hydrogens (tertiary/aromatic N) is 4. The van der Waals surface area contributed by atoms with Gasteiger partial charge in [-0.15, -0.1) is 0 Å². The number of rotatable bonds is 4. The third-order valence-electron chi connectivity index (χ3n) is 5.76. The number of fused-ring (bicyclic) bond motifs is 2. The number of aromatic nitrogens is 4. The molecular weight excluding hydrogens is 396 g/mol. The highest BCUT2D eigenvalue weighted by molar-refractivity contribution is 6.01. The number of hydrogen-bond donors (Lipinski definition) is 2. The van der Waals surface area contributed by atoms with Gasteiger partial charge in [-0.1, -0.05) is 6.42 Å². The van der Waals surface area contributed by atoms with Crippen LogP contribution in [0.15, 0.2) is 23.0 Å². The van der Waals surface area contributed by atoms with Gasteiger partial charge in [-0.2, -0.15) is 5.10 Å². The number of amides is 2. The molecule has 31 heavy (non-hydrogen) atoms. The Morgan fingerprint density at radius 2 is 1.97 bits per heavy atom. The highest BCUT2D eigenvalue weighted by atomic mass is 16.2. The molecule has 3 aromatic rings. The van der Waals surface area contributed by atoms with Crippen molar-refractivity contribution in [2.45, 2.75) is 46.1 Å². The minimum atomic E-state index is -0.395. The van der Waals surface area contributed by atoms with Crippen molar-refractivity contribution < 1.29 is 9.59 Å². The van der Waals surface area contributed by atoms with E-state index in [1.54, 1.807) is 34.5 Å². The van der Waals surface area contributed by atoms with Gasteiger partial charge in [0.25, 0.3) is 11.5 Å². The van der Waals surface area contributed by atoms with E-state index in [1.807, 2.05) is 13.8 Å². The monoisotopic (exact) mass is 422 g/mol. The lowest BCUT2D eigenvalue weighted by molar-refractivity contribution is -0.115. The van der Waals surface area contributed by atoms with Crippen molar-refractivity contribution in [3.8, 4) is 0 Å². The minimum absolute atomic E-state index is 0.0598. The van der Waals surface area contributed by atoms with E-state index >= 15 is 0 Å². The Hall–Kier alpha value is -3.49. The number of benzene rings is 1. The van der Waals surface area contributed by atoms with E-state index in [2.05, 4.69) is 20.7 Å². The number of carbonyl (C=O) groups is 2. The van der Waals surface area contributed by atoms with Crippen molar-refractivity contribution in [1.82, 2.24) is 24.6 Å². The molecule has 0 unspecified atom stereocenters. The molecule has 1 aliphatic heterocycles. The van der Waals surface area contributed by atoms with Gasteiger partial charge in [0.2, 0.25) is 5.91 Å². The summed E-state index contributed by atoms with van der Waals surface area (Å²) in [6.07, 6.45) is 3.81. The van der Waals surface area contributed by atoms with Gasteiger partial charge in [0.05, 0.1) is 34.5 Å². The summed E-state index contributed by atoms with van der Waals surface area (Å²) in [7, 11) is 1.80. The van der Waals surface area contributed by atoms with Crippen LogP contribution in [0.2, 0.25) is 0 Å². The summed E-state index contributed by atoms with van der Waals surface area (Å²) < 4.78 is 3.44. The van der Waals surface area contributed by atoms with Crippen molar-refractivity contribution in [3.05, 3.63) is 51.3 Å². The summed E-state index contributed by atoms with van der Waals surface area (Å²) in [5.74, 6) is 0.0395. The second-order valence-electron chi connectivity index (χ2n) is 7.93. The summed E-state index contributed by atoms with van der Waals surface area (Å²) in [6.45, 7) is 4.18. The van der Waals surface area contributed by atoms with Crippen LogP contribution in [0.3, 0.4) is 0 Å². The molecule has 2 aromatic heterocycles. The molecule has 1 aliphatic rings. The standard InChI is InChI=1S/C22H26N6O3/c1-13-20(14(2)27(3)26-13)25-19(29)12-23-21(30)15-8-9-16-17(11-15)24-18-7-5-4-6-10-28(18)22(16)31/h8-9,11H,4-7,10,12H2,1-3H3,(H,23,30)(H,25,29). The van der Waals surface area contributed by atoms with Gasteiger partial charge in [-0.25, -0.2) is 4.98 Å². The molecule has 0 spiro atoms. The van der Waals surface area contributed by atoms with Crippen LogP contribution in [-0.4, -0.2) is 37.7 Å². The van der Waals surface area contributed by atoms with Gasteiger partial charge in [0, 0.05) is 25.6 Å². The van der Waals surface area contributed by atoms with E-state index in [4.69, 9.17) is 0 Å². The van der Waals surface area contributed by atoms with Gasteiger partial charge >= 0.3 is 0 Å². The fourth-order valence-electron chi connectivity index (χ4n) is 3.96. The molecule has 2 amide bonds. The van der Waals surface area contributed by atoms with E-state index in [0.717, 1.165) is 37.2 Å². The highest BCUT2D eigenvalue weighted by Crippen LogP contribution is 2.18. The molecule has 0 bridgehead atoms. The lowest BCUT2D eigenvalue weighted by Gasteiger charge is -2.11. The van der Waals surface area contributed by atoms with Gasteiger partial charge in [-0.05, 0) is 44.9 Å². The molecular formula is C22H26N6O3. The first kappa shape index (κ1) is 20.8. The van der Waals surface area contributed by atoms with Crippen LogP contribution < -0.4 is 16.2 Å². The normalized spacial score (nSPS) is 13.5. The molecule has 3 heterocycles. The zero-order chi connectivity index (χ0) is 22.1. The Morgan fingerprint density at radius 3 is 2.71 bits per heavy atom. The minimum Gasteiger partial charge on any atom is -0.343 e. The predicted molar refractivity (Wildman–Crippen MR) is 117 cm³/mol. The lowest BCUT2D eigenvalue weighted by atomic mass is 10.1. The molecule has 0 atom stereocenters. The van der Waals surface area contributed by atoms with Gasteiger partial charge in [-0.3, -0.25) is 23.6 Å². The van der Waals surface area contributed by atoms with Crippen LogP contribution in [0.4, 0.5) is 5.69 Å². The van der Waals surface area contributed by atoms with E-state index in [9.17, 15) is 14.4 Å². The summed E-state index contributed by atoms with van der Waals surface area (Å²) in [5, 5.41) is 10.2.